The van der Waals surface area contributed by atoms with Crippen molar-refractivity contribution in [2.75, 3.05) is 38.1 Å². The van der Waals surface area contributed by atoms with Crippen LogP contribution in [0.3, 0.4) is 0 Å². The molecule has 1 aliphatic rings. The molecule has 0 radical (unpaired) electrons. The summed E-state index contributed by atoms with van der Waals surface area (Å²) in [5.41, 5.74) is 3.93. The second-order valence-corrected chi connectivity index (χ2v) is 6.59. The van der Waals surface area contributed by atoms with Crippen molar-refractivity contribution in [3.63, 3.8) is 0 Å². The Labute approximate surface area is 146 Å². The zero-order valence-electron chi connectivity index (χ0n) is 14.7. The minimum atomic E-state index is 0.682. The Kier molecular flexibility index (Phi) is 6.27. The smallest absolute Gasteiger partial charge is 0.0366 e. The molecule has 0 bridgehead atoms. The predicted molar refractivity (Wildman–Crippen MR) is 104 cm³/mol. The van der Waals surface area contributed by atoms with Crippen LogP contribution >= 0.6 is 0 Å². The van der Waals surface area contributed by atoms with Crippen LogP contribution in [0.5, 0.6) is 0 Å². The van der Waals surface area contributed by atoms with Gasteiger partial charge in [-0.3, -0.25) is 0 Å². The average Bonchev–Trinajstić information content (AvgIpc) is 2.67. The van der Waals surface area contributed by atoms with Crippen LogP contribution in [0.15, 0.2) is 54.6 Å². The monoisotopic (exact) mass is 323 g/mol. The van der Waals surface area contributed by atoms with E-state index in [0.717, 1.165) is 26.2 Å². The Morgan fingerprint density at radius 3 is 2.21 bits per heavy atom. The molecular weight excluding hydrogens is 294 g/mol. The van der Waals surface area contributed by atoms with Crippen LogP contribution in [0.4, 0.5) is 5.69 Å². The van der Waals surface area contributed by atoms with E-state index in [2.05, 4.69) is 70.1 Å². The molecule has 0 aliphatic carbocycles. The first-order valence-corrected chi connectivity index (χ1v) is 9.15. The summed E-state index contributed by atoms with van der Waals surface area (Å²) in [6.45, 7) is 4.51. The van der Waals surface area contributed by atoms with E-state index in [4.69, 9.17) is 0 Å². The van der Waals surface area contributed by atoms with E-state index < -0.39 is 0 Å². The summed E-state index contributed by atoms with van der Waals surface area (Å²) >= 11 is 0. The van der Waals surface area contributed by atoms with Crippen LogP contribution in [0.2, 0.25) is 0 Å². The SMILES string of the molecule is CNCCCNC1CCN(c2ccc(-c3ccccc3)cc2)CC1. The molecule has 24 heavy (non-hydrogen) atoms. The van der Waals surface area contributed by atoms with Crippen molar-refractivity contribution in [3.8, 4) is 11.1 Å². The summed E-state index contributed by atoms with van der Waals surface area (Å²) in [6, 6.07) is 20.3. The van der Waals surface area contributed by atoms with Gasteiger partial charge in [0, 0.05) is 24.8 Å². The summed E-state index contributed by atoms with van der Waals surface area (Å²) in [7, 11) is 2.02. The molecule has 1 heterocycles. The third-order valence-electron chi connectivity index (χ3n) is 4.87. The highest BCUT2D eigenvalue weighted by Crippen LogP contribution is 2.25. The van der Waals surface area contributed by atoms with Crippen LogP contribution in [0.25, 0.3) is 11.1 Å². The fourth-order valence-electron chi connectivity index (χ4n) is 3.41. The fraction of sp³-hybridized carbons (Fsp3) is 0.429. The summed E-state index contributed by atoms with van der Waals surface area (Å²) in [5, 5.41) is 6.89. The Morgan fingerprint density at radius 2 is 1.54 bits per heavy atom. The Balaban J connectivity index is 1.50. The molecular formula is C21H29N3. The largest absolute Gasteiger partial charge is 0.371 e. The number of nitrogens with zero attached hydrogens (tertiary/aromatic N) is 1. The second kappa shape index (κ2) is 8.86. The standard InChI is InChI=1S/C21H29N3/c1-22-14-5-15-23-20-12-16-24(17-13-20)21-10-8-19(9-11-21)18-6-3-2-4-7-18/h2-4,6-11,20,22-23H,5,12-17H2,1H3. The Hall–Kier alpha value is -1.84. The van der Waals surface area contributed by atoms with Crippen molar-refractivity contribution in [2.24, 2.45) is 0 Å². The summed E-state index contributed by atoms with van der Waals surface area (Å²) in [4.78, 5) is 2.51. The van der Waals surface area contributed by atoms with Gasteiger partial charge < -0.3 is 15.5 Å². The molecule has 0 spiro atoms. The fourth-order valence-corrected chi connectivity index (χ4v) is 3.41. The van der Waals surface area contributed by atoms with E-state index in [1.54, 1.807) is 0 Å². The number of benzene rings is 2. The number of anilines is 1. The first-order valence-electron chi connectivity index (χ1n) is 9.15. The molecule has 3 heteroatoms. The molecule has 1 saturated heterocycles. The molecule has 3 rings (SSSR count). The molecule has 1 fully saturated rings. The maximum Gasteiger partial charge on any atom is 0.0366 e. The van der Waals surface area contributed by atoms with Gasteiger partial charge in [0.15, 0.2) is 0 Å². The molecule has 3 nitrogen and oxygen atoms in total. The van der Waals surface area contributed by atoms with Gasteiger partial charge in [0.25, 0.3) is 0 Å². The van der Waals surface area contributed by atoms with Gasteiger partial charge in [-0.15, -0.1) is 0 Å². The summed E-state index contributed by atoms with van der Waals surface area (Å²) in [5.74, 6) is 0. The molecule has 1 aliphatic heterocycles. The van der Waals surface area contributed by atoms with Crippen LogP contribution < -0.4 is 15.5 Å². The molecule has 2 N–H and O–H groups in total. The first-order chi connectivity index (χ1) is 11.9. The maximum atomic E-state index is 3.69. The first kappa shape index (κ1) is 17.0. The molecule has 2 aromatic rings. The van der Waals surface area contributed by atoms with E-state index in [9.17, 15) is 0 Å². The number of piperidine rings is 1. The lowest BCUT2D eigenvalue weighted by Gasteiger charge is -2.34. The number of nitrogens with one attached hydrogen (secondary N) is 2. The van der Waals surface area contributed by atoms with Crippen molar-refractivity contribution >= 4 is 5.69 Å². The molecule has 0 aromatic heterocycles. The number of hydrogen-bond donors (Lipinski definition) is 2. The number of hydrogen-bond acceptors (Lipinski definition) is 3. The molecule has 128 valence electrons. The van der Waals surface area contributed by atoms with E-state index in [1.165, 1.54) is 36.1 Å². The lowest BCUT2D eigenvalue weighted by molar-refractivity contribution is 0.412. The van der Waals surface area contributed by atoms with E-state index in [1.807, 2.05) is 7.05 Å². The van der Waals surface area contributed by atoms with E-state index >= 15 is 0 Å². The van der Waals surface area contributed by atoms with Crippen molar-refractivity contribution in [2.45, 2.75) is 25.3 Å². The molecule has 2 aromatic carbocycles. The Bertz CT molecular complexity index is 586. The van der Waals surface area contributed by atoms with E-state index in [-0.39, 0.29) is 0 Å². The van der Waals surface area contributed by atoms with Gasteiger partial charge in [-0.1, -0.05) is 42.5 Å². The third kappa shape index (κ3) is 4.59. The van der Waals surface area contributed by atoms with Crippen molar-refractivity contribution in [1.82, 2.24) is 10.6 Å². The second-order valence-electron chi connectivity index (χ2n) is 6.59. The lowest BCUT2D eigenvalue weighted by Crippen LogP contribution is -2.43. The highest BCUT2D eigenvalue weighted by atomic mass is 15.1. The lowest BCUT2D eigenvalue weighted by atomic mass is 10.0. The summed E-state index contributed by atoms with van der Waals surface area (Å²) < 4.78 is 0. The van der Waals surface area contributed by atoms with Gasteiger partial charge in [0.1, 0.15) is 0 Å². The average molecular weight is 323 g/mol. The topological polar surface area (TPSA) is 27.3 Å². The van der Waals surface area contributed by atoms with E-state index in [0.29, 0.717) is 6.04 Å². The van der Waals surface area contributed by atoms with Crippen molar-refractivity contribution < 1.29 is 0 Å². The molecule has 0 atom stereocenters. The zero-order chi connectivity index (χ0) is 16.6. The van der Waals surface area contributed by atoms with Gasteiger partial charge in [-0.05, 0) is 62.7 Å². The third-order valence-corrected chi connectivity index (χ3v) is 4.87. The number of rotatable bonds is 7. The normalized spacial score (nSPS) is 15.6. The van der Waals surface area contributed by atoms with Crippen LogP contribution in [0, 0.1) is 0 Å². The van der Waals surface area contributed by atoms with Gasteiger partial charge in [-0.2, -0.15) is 0 Å². The zero-order valence-corrected chi connectivity index (χ0v) is 14.7. The van der Waals surface area contributed by atoms with Gasteiger partial charge in [0.2, 0.25) is 0 Å². The minimum absolute atomic E-state index is 0.682. The van der Waals surface area contributed by atoms with Crippen LogP contribution in [0.1, 0.15) is 19.3 Å². The molecule has 0 saturated carbocycles. The highest BCUT2D eigenvalue weighted by Gasteiger charge is 2.18. The highest BCUT2D eigenvalue weighted by molar-refractivity contribution is 5.66. The van der Waals surface area contributed by atoms with Crippen molar-refractivity contribution in [1.29, 1.82) is 0 Å². The van der Waals surface area contributed by atoms with Crippen LogP contribution in [-0.4, -0.2) is 39.3 Å². The maximum absolute atomic E-state index is 3.69. The van der Waals surface area contributed by atoms with Gasteiger partial charge in [-0.25, -0.2) is 0 Å². The van der Waals surface area contributed by atoms with Crippen LogP contribution in [-0.2, 0) is 0 Å². The predicted octanol–water partition coefficient (Wildman–Crippen LogP) is 3.52. The summed E-state index contributed by atoms with van der Waals surface area (Å²) in [6.07, 6.45) is 3.68. The quantitative estimate of drug-likeness (QED) is 0.764. The Morgan fingerprint density at radius 1 is 0.875 bits per heavy atom. The van der Waals surface area contributed by atoms with Crippen molar-refractivity contribution in [3.05, 3.63) is 54.6 Å². The molecule has 0 unspecified atom stereocenters. The van der Waals surface area contributed by atoms with Gasteiger partial charge >= 0.3 is 0 Å². The van der Waals surface area contributed by atoms with Gasteiger partial charge in [0.05, 0.1) is 0 Å². The molecule has 0 amide bonds. The minimum Gasteiger partial charge on any atom is -0.371 e.